The monoisotopic (exact) mass is 380 g/mol. The van der Waals surface area contributed by atoms with Crippen molar-refractivity contribution in [2.24, 2.45) is 0 Å². The van der Waals surface area contributed by atoms with Crippen LogP contribution in [0.15, 0.2) is 42.6 Å². The zero-order chi connectivity index (χ0) is 19.6. The smallest absolute Gasteiger partial charge is 0.363 e. The lowest BCUT2D eigenvalue weighted by molar-refractivity contribution is -0.384. The fraction of sp³-hybridized carbons (Fsp3) is 0.389. The number of anilines is 1. The Kier molecular flexibility index (Phi) is 5.31. The van der Waals surface area contributed by atoms with Crippen LogP contribution in [-0.2, 0) is 6.18 Å². The maximum absolute atomic E-state index is 12.9. The Morgan fingerprint density at radius 3 is 2.41 bits per heavy atom. The van der Waals surface area contributed by atoms with Crippen molar-refractivity contribution in [3.63, 3.8) is 0 Å². The third-order valence-electron chi connectivity index (χ3n) is 4.82. The van der Waals surface area contributed by atoms with Crippen molar-refractivity contribution in [1.29, 1.82) is 0 Å². The van der Waals surface area contributed by atoms with Crippen LogP contribution in [0.5, 0.6) is 0 Å². The zero-order valence-electron chi connectivity index (χ0n) is 14.7. The second-order valence-corrected chi connectivity index (χ2v) is 6.41. The molecule has 0 saturated carbocycles. The van der Waals surface area contributed by atoms with Crippen molar-refractivity contribution in [3.8, 4) is 0 Å². The molecular weight excluding hydrogens is 361 g/mol. The lowest BCUT2D eigenvalue weighted by atomic mass is 10.1. The molecule has 1 aromatic heterocycles. The highest BCUT2D eigenvalue weighted by atomic mass is 19.4. The highest BCUT2D eigenvalue weighted by Crippen LogP contribution is 2.37. The van der Waals surface area contributed by atoms with Crippen molar-refractivity contribution in [2.75, 3.05) is 31.1 Å². The molecule has 3 rings (SSSR count). The van der Waals surface area contributed by atoms with Gasteiger partial charge in [0, 0.05) is 44.5 Å². The van der Waals surface area contributed by atoms with Gasteiger partial charge in [0.1, 0.15) is 5.69 Å². The second-order valence-electron chi connectivity index (χ2n) is 6.41. The van der Waals surface area contributed by atoms with E-state index in [1.165, 1.54) is 6.07 Å². The Labute approximate surface area is 154 Å². The minimum Gasteiger partial charge on any atom is -0.363 e. The van der Waals surface area contributed by atoms with Crippen molar-refractivity contribution >= 4 is 11.4 Å². The molecular formula is C18H19F3N4O2. The van der Waals surface area contributed by atoms with Gasteiger partial charge in [0.25, 0.3) is 5.69 Å². The summed E-state index contributed by atoms with van der Waals surface area (Å²) in [6.07, 6.45) is -2.88. The van der Waals surface area contributed by atoms with Crippen LogP contribution in [0, 0.1) is 10.1 Å². The fourth-order valence-electron chi connectivity index (χ4n) is 3.27. The molecule has 0 radical (unpaired) electrons. The first-order valence-electron chi connectivity index (χ1n) is 8.53. The summed E-state index contributed by atoms with van der Waals surface area (Å²) in [4.78, 5) is 18.9. The van der Waals surface area contributed by atoms with E-state index < -0.39 is 22.4 Å². The average Bonchev–Trinajstić information content (AvgIpc) is 2.67. The molecule has 0 N–H and O–H groups in total. The van der Waals surface area contributed by atoms with Gasteiger partial charge in [-0.2, -0.15) is 13.2 Å². The van der Waals surface area contributed by atoms with Crippen LogP contribution >= 0.6 is 0 Å². The summed E-state index contributed by atoms with van der Waals surface area (Å²) in [5.41, 5.74) is -0.374. The summed E-state index contributed by atoms with van der Waals surface area (Å²) < 4.78 is 38.6. The number of hydrogen-bond acceptors (Lipinski definition) is 5. The zero-order valence-corrected chi connectivity index (χ0v) is 14.7. The van der Waals surface area contributed by atoms with E-state index in [0.29, 0.717) is 32.2 Å². The predicted octanol–water partition coefficient (Wildman–Crippen LogP) is 3.89. The van der Waals surface area contributed by atoms with Crippen LogP contribution < -0.4 is 4.90 Å². The number of halogens is 3. The van der Waals surface area contributed by atoms with Gasteiger partial charge < -0.3 is 4.90 Å². The van der Waals surface area contributed by atoms with E-state index in [9.17, 15) is 23.3 Å². The number of nitro benzene ring substituents is 1. The molecule has 27 heavy (non-hydrogen) atoms. The minimum atomic E-state index is -4.61. The Morgan fingerprint density at radius 2 is 1.85 bits per heavy atom. The quantitative estimate of drug-likeness (QED) is 0.595. The molecule has 1 aromatic carbocycles. The molecule has 0 bridgehead atoms. The summed E-state index contributed by atoms with van der Waals surface area (Å²) in [5.74, 6) is 0. The molecule has 1 fully saturated rings. The predicted molar refractivity (Wildman–Crippen MR) is 94.5 cm³/mol. The highest BCUT2D eigenvalue weighted by molar-refractivity contribution is 5.65. The minimum absolute atomic E-state index is 0.0935. The summed E-state index contributed by atoms with van der Waals surface area (Å²) in [7, 11) is 0. The molecule has 1 unspecified atom stereocenters. The Hall–Kier alpha value is -2.68. The van der Waals surface area contributed by atoms with Gasteiger partial charge in [-0.05, 0) is 31.2 Å². The molecule has 6 nitrogen and oxygen atoms in total. The maximum Gasteiger partial charge on any atom is 0.416 e. The molecule has 2 heterocycles. The Balaban J connectivity index is 1.75. The second kappa shape index (κ2) is 7.51. The van der Waals surface area contributed by atoms with Gasteiger partial charge in [-0.3, -0.25) is 20.0 Å². The van der Waals surface area contributed by atoms with E-state index >= 15 is 0 Å². The van der Waals surface area contributed by atoms with E-state index in [2.05, 4.69) is 9.88 Å². The van der Waals surface area contributed by atoms with Gasteiger partial charge in [0.05, 0.1) is 16.2 Å². The van der Waals surface area contributed by atoms with E-state index in [1.807, 2.05) is 25.1 Å². The van der Waals surface area contributed by atoms with E-state index in [0.717, 1.165) is 11.8 Å². The van der Waals surface area contributed by atoms with Crippen molar-refractivity contribution in [1.82, 2.24) is 9.88 Å². The van der Waals surface area contributed by atoms with Crippen molar-refractivity contribution in [3.05, 3.63) is 64.0 Å². The van der Waals surface area contributed by atoms with E-state index in [4.69, 9.17) is 0 Å². The first-order chi connectivity index (χ1) is 12.8. The molecule has 0 aliphatic carbocycles. The van der Waals surface area contributed by atoms with Gasteiger partial charge >= 0.3 is 6.18 Å². The fourth-order valence-corrected chi connectivity index (χ4v) is 3.27. The first-order valence-corrected chi connectivity index (χ1v) is 8.53. The molecule has 1 aliphatic heterocycles. The van der Waals surface area contributed by atoms with Crippen LogP contribution in [0.4, 0.5) is 24.5 Å². The molecule has 0 spiro atoms. The van der Waals surface area contributed by atoms with Crippen LogP contribution in [-0.4, -0.2) is 41.0 Å². The summed E-state index contributed by atoms with van der Waals surface area (Å²) in [6, 6.07) is 8.49. The number of pyridine rings is 1. The number of nitro groups is 1. The van der Waals surface area contributed by atoms with Crippen molar-refractivity contribution < 1.29 is 18.1 Å². The molecule has 0 amide bonds. The number of rotatable bonds is 4. The van der Waals surface area contributed by atoms with Gasteiger partial charge in [-0.15, -0.1) is 0 Å². The highest BCUT2D eigenvalue weighted by Gasteiger charge is 2.34. The maximum atomic E-state index is 12.9. The normalized spacial score (nSPS) is 17.0. The van der Waals surface area contributed by atoms with E-state index in [1.54, 1.807) is 11.1 Å². The third-order valence-corrected chi connectivity index (χ3v) is 4.82. The van der Waals surface area contributed by atoms with Crippen LogP contribution in [0.25, 0.3) is 0 Å². The van der Waals surface area contributed by atoms with Crippen LogP contribution in [0.2, 0.25) is 0 Å². The van der Waals surface area contributed by atoms with Crippen LogP contribution in [0.3, 0.4) is 0 Å². The SMILES string of the molecule is CC(c1ccccn1)N1CCN(c2ccc(C(F)(F)F)cc2[N+](=O)[O-])CC1. The van der Waals surface area contributed by atoms with Gasteiger partial charge in [0.15, 0.2) is 0 Å². The number of alkyl halides is 3. The number of nitrogens with zero attached hydrogens (tertiary/aromatic N) is 4. The molecule has 1 aliphatic rings. The van der Waals surface area contributed by atoms with E-state index in [-0.39, 0.29) is 11.7 Å². The summed E-state index contributed by atoms with van der Waals surface area (Å²) in [6.45, 7) is 4.29. The Morgan fingerprint density at radius 1 is 1.15 bits per heavy atom. The van der Waals surface area contributed by atoms with Gasteiger partial charge in [0.2, 0.25) is 0 Å². The Bertz CT molecular complexity index is 806. The standard InChI is InChI=1S/C18H19F3N4O2/c1-13(15-4-2-3-7-22-15)23-8-10-24(11-9-23)16-6-5-14(18(19,20)21)12-17(16)25(26)27/h2-7,12-13H,8-11H2,1H3. The lowest BCUT2D eigenvalue weighted by Crippen LogP contribution is -2.47. The number of hydrogen-bond donors (Lipinski definition) is 0. The first kappa shape index (κ1) is 19.1. The molecule has 2 aromatic rings. The van der Waals surface area contributed by atoms with Gasteiger partial charge in [-0.25, -0.2) is 0 Å². The lowest BCUT2D eigenvalue weighted by Gasteiger charge is -2.38. The van der Waals surface area contributed by atoms with Crippen LogP contribution in [0.1, 0.15) is 24.2 Å². The molecule has 144 valence electrons. The topological polar surface area (TPSA) is 62.5 Å². The number of piperazine rings is 1. The summed E-state index contributed by atoms with van der Waals surface area (Å²) in [5, 5.41) is 11.3. The number of benzene rings is 1. The van der Waals surface area contributed by atoms with Crippen molar-refractivity contribution in [2.45, 2.75) is 19.1 Å². The number of aromatic nitrogens is 1. The average molecular weight is 380 g/mol. The van der Waals surface area contributed by atoms with Gasteiger partial charge in [-0.1, -0.05) is 6.07 Å². The third kappa shape index (κ3) is 4.19. The summed E-state index contributed by atoms with van der Waals surface area (Å²) >= 11 is 0. The molecule has 9 heteroatoms. The molecule has 1 atom stereocenters. The molecule has 1 saturated heterocycles. The largest absolute Gasteiger partial charge is 0.416 e.